The standard InChI is InChI=1S/C14H10N2O2/c17-10-3-1-2-9(8-10)14-11-4-5-13(18)16-12(11)6-7-15-14/h1-8,17H,(H,16,18). The third-order valence-electron chi connectivity index (χ3n) is 2.77. The Kier molecular flexibility index (Phi) is 2.34. The molecule has 0 radical (unpaired) electrons. The Hall–Kier alpha value is -2.62. The first kappa shape index (κ1) is 10.5. The van der Waals surface area contributed by atoms with Crippen molar-refractivity contribution < 1.29 is 5.11 Å². The highest BCUT2D eigenvalue weighted by Gasteiger charge is 2.06. The van der Waals surface area contributed by atoms with E-state index in [1.54, 1.807) is 36.5 Å². The molecule has 4 nitrogen and oxygen atoms in total. The minimum absolute atomic E-state index is 0.143. The smallest absolute Gasteiger partial charge is 0.248 e. The second-order valence-corrected chi connectivity index (χ2v) is 3.99. The SMILES string of the molecule is O=c1ccc2c(-c3cccc(O)c3)nccc2[nH]1. The van der Waals surface area contributed by atoms with Crippen LogP contribution >= 0.6 is 0 Å². The summed E-state index contributed by atoms with van der Waals surface area (Å²) in [5, 5.41) is 10.4. The van der Waals surface area contributed by atoms with E-state index >= 15 is 0 Å². The van der Waals surface area contributed by atoms with Crippen molar-refractivity contribution in [3.8, 4) is 17.0 Å². The van der Waals surface area contributed by atoms with Crippen LogP contribution in [-0.2, 0) is 0 Å². The predicted molar refractivity (Wildman–Crippen MR) is 69.5 cm³/mol. The van der Waals surface area contributed by atoms with E-state index in [4.69, 9.17) is 0 Å². The molecule has 0 saturated heterocycles. The molecular formula is C14H10N2O2. The van der Waals surface area contributed by atoms with Crippen molar-refractivity contribution in [2.75, 3.05) is 0 Å². The van der Waals surface area contributed by atoms with E-state index < -0.39 is 0 Å². The normalized spacial score (nSPS) is 10.7. The van der Waals surface area contributed by atoms with Gasteiger partial charge in [0.1, 0.15) is 5.75 Å². The van der Waals surface area contributed by atoms with Crippen LogP contribution in [0.2, 0.25) is 0 Å². The molecule has 88 valence electrons. The number of nitrogens with zero attached hydrogens (tertiary/aromatic N) is 1. The number of aromatic hydroxyl groups is 1. The van der Waals surface area contributed by atoms with Gasteiger partial charge < -0.3 is 10.1 Å². The first-order chi connectivity index (χ1) is 8.74. The molecule has 1 aromatic carbocycles. The van der Waals surface area contributed by atoms with Gasteiger partial charge in [0.15, 0.2) is 0 Å². The molecular weight excluding hydrogens is 228 g/mol. The van der Waals surface area contributed by atoms with Crippen molar-refractivity contribution in [2.45, 2.75) is 0 Å². The molecule has 0 saturated carbocycles. The van der Waals surface area contributed by atoms with E-state index in [9.17, 15) is 9.90 Å². The molecule has 2 heterocycles. The fraction of sp³-hybridized carbons (Fsp3) is 0. The van der Waals surface area contributed by atoms with Gasteiger partial charge in [-0.25, -0.2) is 0 Å². The molecule has 0 aliphatic rings. The van der Waals surface area contributed by atoms with Crippen LogP contribution in [0.5, 0.6) is 5.75 Å². The highest BCUT2D eigenvalue weighted by atomic mass is 16.3. The van der Waals surface area contributed by atoms with Crippen LogP contribution in [0.4, 0.5) is 0 Å². The zero-order chi connectivity index (χ0) is 12.5. The zero-order valence-corrected chi connectivity index (χ0v) is 9.42. The van der Waals surface area contributed by atoms with Crippen molar-refractivity contribution in [1.29, 1.82) is 0 Å². The first-order valence-electron chi connectivity index (χ1n) is 5.51. The minimum Gasteiger partial charge on any atom is -0.508 e. The summed E-state index contributed by atoms with van der Waals surface area (Å²) in [7, 11) is 0. The quantitative estimate of drug-likeness (QED) is 0.683. The van der Waals surface area contributed by atoms with Crippen LogP contribution in [0.25, 0.3) is 22.2 Å². The van der Waals surface area contributed by atoms with Gasteiger partial charge in [-0.2, -0.15) is 0 Å². The maximum absolute atomic E-state index is 11.3. The fourth-order valence-electron chi connectivity index (χ4n) is 1.97. The molecule has 0 aliphatic heterocycles. The molecule has 0 aliphatic carbocycles. The number of hydrogen-bond donors (Lipinski definition) is 2. The number of benzene rings is 1. The van der Waals surface area contributed by atoms with Crippen LogP contribution in [-0.4, -0.2) is 15.1 Å². The Morgan fingerprint density at radius 2 is 2.00 bits per heavy atom. The summed E-state index contributed by atoms with van der Waals surface area (Å²) in [6.07, 6.45) is 1.64. The summed E-state index contributed by atoms with van der Waals surface area (Å²) < 4.78 is 0. The second-order valence-electron chi connectivity index (χ2n) is 3.99. The number of nitrogens with one attached hydrogen (secondary N) is 1. The molecule has 2 aromatic heterocycles. The predicted octanol–water partition coefficient (Wildman–Crippen LogP) is 2.30. The molecule has 0 atom stereocenters. The van der Waals surface area contributed by atoms with Crippen molar-refractivity contribution in [1.82, 2.24) is 9.97 Å². The van der Waals surface area contributed by atoms with Gasteiger partial charge in [0.2, 0.25) is 5.56 Å². The monoisotopic (exact) mass is 238 g/mol. The van der Waals surface area contributed by atoms with Crippen molar-refractivity contribution in [3.05, 3.63) is 59.0 Å². The van der Waals surface area contributed by atoms with Crippen LogP contribution in [0.1, 0.15) is 0 Å². The van der Waals surface area contributed by atoms with Crippen molar-refractivity contribution >= 4 is 10.9 Å². The Balaban J connectivity index is 2.33. The number of fused-ring (bicyclic) bond motifs is 1. The number of pyridine rings is 2. The molecule has 0 unspecified atom stereocenters. The maximum atomic E-state index is 11.3. The van der Waals surface area contributed by atoms with Crippen molar-refractivity contribution in [2.24, 2.45) is 0 Å². The maximum Gasteiger partial charge on any atom is 0.248 e. The zero-order valence-electron chi connectivity index (χ0n) is 9.42. The molecule has 3 aromatic rings. The lowest BCUT2D eigenvalue weighted by Gasteiger charge is -2.05. The molecule has 0 spiro atoms. The number of phenols is 1. The number of aromatic nitrogens is 2. The van der Waals surface area contributed by atoms with E-state index in [1.807, 2.05) is 6.07 Å². The van der Waals surface area contributed by atoms with Crippen molar-refractivity contribution in [3.63, 3.8) is 0 Å². The molecule has 2 N–H and O–H groups in total. The van der Waals surface area contributed by atoms with E-state index in [1.165, 1.54) is 6.07 Å². The lowest BCUT2D eigenvalue weighted by Crippen LogP contribution is -2.03. The second kappa shape index (κ2) is 4.00. The summed E-state index contributed by atoms with van der Waals surface area (Å²) in [6, 6.07) is 11.8. The summed E-state index contributed by atoms with van der Waals surface area (Å²) >= 11 is 0. The van der Waals surface area contributed by atoms with Crippen LogP contribution in [0.3, 0.4) is 0 Å². The lowest BCUT2D eigenvalue weighted by molar-refractivity contribution is 0.475. The van der Waals surface area contributed by atoms with Crippen LogP contribution in [0.15, 0.2) is 53.5 Å². The third-order valence-corrected chi connectivity index (χ3v) is 2.77. The number of H-pyrrole nitrogens is 1. The van der Waals surface area contributed by atoms with E-state index in [0.29, 0.717) is 0 Å². The number of phenolic OH excluding ortho intramolecular Hbond substituents is 1. The Labute approximate surface area is 103 Å². The van der Waals surface area contributed by atoms with Gasteiger partial charge in [-0.05, 0) is 24.3 Å². The van der Waals surface area contributed by atoms with Gasteiger partial charge in [-0.3, -0.25) is 9.78 Å². The number of hydrogen-bond acceptors (Lipinski definition) is 3. The van der Waals surface area contributed by atoms with Crippen LogP contribution in [0, 0.1) is 0 Å². The largest absolute Gasteiger partial charge is 0.508 e. The van der Waals surface area contributed by atoms with Gasteiger partial charge in [-0.15, -0.1) is 0 Å². The highest BCUT2D eigenvalue weighted by Crippen LogP contribution is 2.26. The lowest BCUT2D eigenvalue weighted by atomic mass is 10.1. The van der Waals surface area contributed by atoms with Gasteiger partial charge in [0, 0.05) is 23.2 Å². The first-order valence-corrected chi connectivity index (χ1v) is 5.51. The average Bonchev–Trinajstić information content (AvgIpc) is 2.37. The molecule has 4 heteroatoms. The van der Waals surface area contributed by atoms with E-state index in [2.05, 4.69) is 9.97 Å². The molecule has 0 amide bonds. The molecule has 0 fully saturated rings. The van der Waals surface area contributed by atoms with Gasteiger partial charge in [0.05, 0.1) is 11.2 Å². The number of rotatable bonds is 1. The Morgan fingerprint density at radius 3 is 2.83 bits per heavy atom. The molecule has 18 heavy (non-hydrogen) atoms. The summed E-state index contributed by atoms with van der Waals surface area (Å²) in [6.45, 7) is 0. The molecule has 3 rings (SSSR count). The summed E-state index contributed by atoms with van der Waals surface area (Å²) in [5.74, 6) is 0.190. The minimum atomic E-state index is -0.143. The molecule has 0 bridgehead atoms. The average molecular weight is 238 g/mol. The van der Waals surface area contributed by atoms with Gasteiger partial charge in [-0.1, -0.05) is 12.1 Å². The van der Waals surface area contributed by atoms with E-state index in [-0.39, 0.29) is 11.3 Å². The fourth-order valence-corrected chi connectivity index (χ4v) is 1.97. The van der Waals surface area contributed by atoms with Gasteiger partial charge >= 0.3 is 0 Å². The van der Waals surface area contributed by atoms with Crippen LogP contribution < -0.4 is 5.56 Å². The highest BCUT2D eigenvalue weighted by molar-refractivity contribution is 5.92. The summed E-state index contributed by atoms with van der Waals surface area (Å²) in [4.78, 5) is 18.3. The van der Waals surface area contributed by atoms with Gasteiger partial charge in [0.25, 0.3) is 0 Å². The third kappa shape index (κ3) is 1.73. The summed E-state index contributed by atoms with van der Waals surface area (Å²) in [5.41, 5.74) is 2.14. The Morgan fingerprint density at radius 1 is 1.11 bits per heavy atom. The Bertz CT molecular complexity index is 778. The topological polar surface area (TPSA) is 66.0 Å². The number of aromatic amines is 1. The van der Waals surface area contributed by atoms with E-state index in [0.717, 1.165) is 22.2 Å².